The van der Waals surface area contributed by atoms with Crippen molar-refractivity contribution < 1.29 is 28.1 Å². The molecule has 0 amide bonds. The summed E-state index contributed by atoms with van der Waals surface area (Å²) in [5.41, 5.74) is -0.796. The van der Waals surface area contributed by atoms with Crippen molar-refractivity contribution in [3.05, 3.63) is 47.2 Å². The van der Waals surface area contributed by atoms with Gasteiger partial charge in [0.2, 0.25) is 0 Å². The van der Waals surface area contributed by atoms with E-state index in [9.17, 15) is 19.0 Å². The number of pyridine rings is 1. The van der Waals surface area contributed by atoms with Crippen LogP contribution in [0.25, 0.3) is 32.9 Å². The maximum absolute atomic E-state index is 17.0. The first-order valence-corrected chi connectivity index (χ1v) is 15.7. The molecule has 4 fully saturated rings. The Balaban J connectivity index is 1.32. The molecular weight excluding hydrogens is 597 g/mol. The van der Waals surface area contributed by atoms with Crippen molar-refractivity contribution in [1.29, 1.82) is 0 Å². The zero-order valence-electron chi connectivity index (χ0n) is 25.1. The predicted octanol–water partition coefficient (Wildman–Crippen LogP) is 4.20. The number of nitrogens with one attached hydrogen (secondary N) is 1. The minimum absolute atomic E-state index is 0.0554. The number of alkyl halides is 1. The molecule has 0 unspecified atom stereocenters. The van der Waals surface area contributed by atoms with E-state index in [2.05, 4.69) is 31.0 Å². The average molecular weight is 631 g/mol. The van der Waals surface area contributed by atoms with E-state index in [0.29, 0.717) is 37.3 Å². The molecule has 238 valence electrons. The van der Waals surface area contributed by atoms with Crippen molar-refractivity contribution in [3.8, 4) is 35.4 Å². The summed E-state index contributed by atoms with van der Waals surface area (Å²) >= 11 is 0. The van der Waals surface area contributed by atoms with Gasteiger partial charge >= 0.3 is 6.01 Å². The van der Waals surface area contributed by atoms with Gasteiger partial charge in [0.05, 0.1) is 28.8 Å². The second-order valence-electron chi connectivity index (χ2n) is 13.0. The Bertz CT molecular complexity index is 1920. The number of ether oxygens (including phenoxy) is 1. The fourth-order valence-electron chi connectivity index (χ4n) is 8.16. The van der Waals surface area contributed by atoms with Gasteiger partial charge in [0.1, 0.15) is 41.4 Å². The lowest BCUT2D eigenvalue weighted by Gasteiger charge is -2.35. The molecule has 46 heavy (non-hydrogen) atoms. The highest BCUT2D eigenvalue weighted by atomic mass is 19.1. The summed E-state index contributed by atoms with van der Waals surface area (Å²) in [6.45, 7) is 1.96. The molecule has 3 N–H and O–H groups in total. The standard InChI is InChI=1S/C34H33F3N6O3/c1-2-23-25(36)7-4-18-10-22(45)11-24(27(18)23)30-29(37)31-28(26(16-44)39-30)32(42-14-20-5-6-21(15-42)38-20)41-33(40-31)46-17-34-8-3-9-43(34)13-19(35)12-34/h1,4,7,10-11,19-21,38,44-45H,3,5-6,8-9,12-17H2/t19-,20-,21+,34+/m1/s1. The molecular formula is C34H33F3N6O3. The van der Waals surface area contributed by atoms with Crippen molar-refractivity contribution in [2.24, 2.45) is 0 Å². The molecule has 4 saturated heterocycles. The van der Waals surface area contributed by atoms with Gasteiger partial charge in [-0.1, -0.05) is 12.0 Å². The molecule has 2 aromatic heterocycles. The summed E-state index contributed by atoms with van der Waals surface area (Å²) in [6.07, 6.45) is 8.81. The fourth-order valence-corrected chi connectivity index (χ4v) is 8.16. The molecule has 4 atom stereocenters. The molecule has 0 aliphatic carbocycles. The predicted molar refractivity (Wildman–Crippen MR) is 166 cm³/mol. The van der Waals surface area contributed by atoms with Gasteiger partial charge in [-0.05, 0) is 55.8 Å². The van der Waals surface area contributed by atoms with E-state index in [0.717, 1.165) is 32.2 Å². The number of hydrogen-bond donors (Lipinski definition) is 3. The number of aromatic hydroxyl groups is 1. The Kier molecular flexibility index (Phi) is 6.97. The fraction of sp³-hybridized carbons (Fsp3) is 0.441. The maximum atomic E-state index is 17.0. The van der Waals surface area contributed by atoms with Gasteiger partial charge in [-0.15, -0.1) is 6.42 Å². The van der Waals surface area contributed by atoms with Crippen LogP contribution in [0, 0.1) is 24.0 Å². The van der Waals surface area contributed by atoms with Crippen LogP contribution in [0.1, 0.15) is 43.4 Å². The molecule has 4 aromatic rings. The van der Waals surface area contributed by atoms with Crippen LogP contribution >= 0.6 is 0 Å². The van der Waals surface area contributed by atoms with Gasteiger partial charge < -0.3 is 25.2 Å². The average Bonchev–Trinajstić information content (AvgIpc) is 3.70. The molecule has 0 radical (unpaired) electrons. The molecule has 9 nitrogen and oxygen atoms in total. The second kappa shape index (κ2) is 11.0. The molecule has 2 aromatic carbocycles. The molecule has 4 aliphatic heterocycles. The third-order valence-electron chi connectivity index (χ3n) is 10.2. The number of benzene rings is 2. The van der Waals surface area contributed by atoms with Gasteiger partial charge in [-0.2, -0.15) is 9.97 Å². The van der Waals surface area contributed by atoms with Crippen molar-refractivity contribution in [3.63, 3.8) is 0 Å². The number of piperazine rings is 1. The van der Waals surface area contributed by atoms with Gasteiger partial charge in [0.25, 0.3) is 0 Å². The minimum atomic E-state index is -0.943. The van der Waals surface area contributed by atoms with Crippen molar-refractivity contribution >= 4 is 27.5 Å². The highest BCUT2D eigenvalue weighted by molar-refractivity contribution is 6.03. The SMILES string of the molecule is C#Cc1c(F)ccc2cc(O)cc(-c3nc(CO)c4c(N5C[C@H]6CC[C@@H](C5)N6)nc(OC[C@@]56CCCN5C[C@H](F)C6)nc4c3F)c12. The van der Waals surface area contributed by atoms with E-state index in [-0.39, 0.29) is 69.3 Å². The Morgan fingerprint density at radius 1 is 1.09 bits per heavy atom. The molecule has 8 rings (SSSR count). The Labute approximate surface area is 263 Å². The highest BCUT2D eigenvalue weighted by Gasteiger charge is 2.49. The number of aliphatic hydroxyl groups is 1. The number of anilines is 1. The summed E-state index contributed by atoms with van der Waals surface area (Å²) < 4.78 is 52.6. The Hall–Kier alpha value is -4.18. The van der Waals surface area contributed by atoms with Gasteiger partial charge in [-0.25, -0.2) is 18.2 Å². The molecule has 4 aliphatic rings. The van der Waals surface area contributed by atoms with Crippen LogP contribution in [0.15, 0.2) is 24.3 Å². The number of halogens is 3. The number of fused-ring (bicyclic) bond motifs is 5. The smallest absolute Gasteiger partial charge is 0.319 e. The van der Waals surface area contributed by atoms with Gasteiger partial charge in [0.15, 0.2) is 5.82 Å². The number of hydrogen-bond acceptors (Lipinski definition) is 9. The third-order valence-corrected chi connectivity index (χ3v) is 10.2. The summed E-state index contributed by atoms with van der Waals surface area (Å²) in [4.78, 5) is 18.0. The molecule has 6 heterocycles. The van der Waals surface area contributed by atoms with E-state index in [1.807, 2.05) is 0 Å². The van der Waals surface area contributed by atoms with E-state index in [4.69, 9.17) is 16.1 Å². The highest BCUT2D eigenvalue weighted by Crippen LogP contribution is 2.42. The zero-order valence-corrected chi connectivity index (χ0v) is 25.1. The normalized spacial score (nSPS) is 25.8. The molecule has 0 saturated carbocycles. The lowest BCUT2D eigenvalue weighted by molar-refractivity contribution is 0.107. The number of phenolic OH excluding ortho intramolecular Hbond substituents is 1. The number of aliphatic hydroxyl groups excluding tert-OH is 1. The van der Waals surface area contributed by atoms with Crippen LogP contribution in [0.4, 0.5) is 19.0 Å². The summed E-state index contributed by atoms with van der Waals surface area (Å²) in [5.74, 6) is 1.01. The van der Waals surface area contributed by atoms with Crippen LogP contribution in [-0.4, -0.2) is 86.6 Å². The number of aromatic nitrogens is 3. The number of nitrogens with zero attached hydrogens (tertiary/aromatic N) is 5. The monoisotopic (exact) mass is 630 g/mol. The maximum Gasteiger partial charge on any atom is 0.319 e. The van der Waals surface area contributed by atoms with E-state index < -0.39 is 30.0 Å². The van der Waals surface area contributed by atoms with Crippen molar-refractivity contribution in [2.75, 3.05) is 37.7 Å². The van der Waals surface area contributed by atoms with E-state index in [1.165, 1.54) is 24.3 Å². The Morgan fingerprint density at radius 2 is 1.89 bits per heavy atom. The quantitative estimate of drug-likeness (QED) is 0.271. The van der Waals surface area contributed by atoms with E-state index >= 15 is 4.39 Å². The summed E-state index contributed by atoms with van der Waals surface area (Å²) in [7, 11) is 0. The lowest BCUT2D eigenvalue weighted by Crippen LogP contribution is -2.51. The number of rotatable bonds is 6. The summed E-state index contributed by atoms with van der Waals surface area (Å²) in [5, 5.41) is 25.6. The van der Waals surface area contributed by atoms with Crippen LogP contribution in [0.5, 0.6) is 11.8 Å². The van der Waals surface area contributed by atoms with Crippen molar-refractivity contribution in [2.45, 2.75) is 62.5 Å². The van der Waals surface area contributed by atoms with Crippen LogP contribution in [-0.2, 0) is 6.61 Å². The first kappa shape index (κ1) is 29.2. The number of phenols is 1. The third kappa shape index (κ3) is 4.63. The zero-order chi connectivity index (χ0) is 31.7. The van der Waals surface area contributed by atoms with Crippen LogP contribution < -0.4 is 15.0 Å². The molecule has 0 spiro atoms. The lowest BCUT2D eigenvalue weighted by atomic mass is 9.95. The van der Waals surface area contributed by atoms with E-state index in [1.54, 1.807) is 0 Å². The number of terminal acetylenes is 1. The van der Waals surface area contributed by atoms with Crippen LogP contribution in [0.2, 0.25) is 0 Å². The molecule has 2 bridgehead atoms. The van der Waals surface area contributed by atoms with Gasteiger partial charge in [-0.3, -0.25) is 4.90 Å². The first-order chi connectivity index (χ1) is 22.3. The summed E-state index contributed by atoms with van der Waals surface area (Å²) in [6, 6.07) is 5.71. The van der Waals surface area contributed by atoms with Crippen LogP contribution in [0.3, 0.4) is 0 Å². The minimum Gasteiger partial charge on any atom is -0.508 e. The Morgan fingerprint density at radius 3 is 2.65 bits per heavy atom. The topological polar surface area (TPSA) is 107 Å². The van der Waals surface area contributed by atoms with Crippen molar-refractivity contribution in [1.82, 2.24) is 25.2 Å². The second-order valence-corrected chi connectivity index (χ2v) is 13.0. The largest absolute Gasteiger partial charge is 0.508 e. The molecule has 12 heteroatoms. The van der Waals surface area contributed by atoms with Gasteiger partial charge in [0, 0.05) is 49.1 Å². The first-order valence-electron chi connectivity index (χ1n) is 15.7.